The number of benzene rings is 2. The molecule has 0 saturated heterocycles. The number of phenols is 1. The van der Waals surface area contributed by atoms with Gasteiger partial charge in [-0.2, -0.15) is 8.42 Å². The Hall–Kier alpha value is -2.06. The lowest BCUT2D eigenvalue weighted by Gasteiger charge is -2.09. The van der Waals surface area contributed by atoms with Gasteiger partial charge in [-0.05, 0) is 42.8 Å². The first-order valence-electron chi connectivity index (χ1n) is 6.13. The van der Waals surface area contributed by atoms with E-state index in [2.05, 4.69) is 0 Å². The molecule has 0 fully saturated rings. The Morgan fingerprint density at radius 2 is 1.59 bits per heavy atom. The van der Waals surface area contributed by atoms with Crippen molar-refractivity contribution in [3.8, 4) is 11.5 Å². The average Bonchev–Trinajstić information content (AvgIpc) is 2.36. The summed E-state index contributed by atoms with van der Waals surface area (Å²) in [6.07, 6.45) is 0.984. The van der Waals surface area contributed by atoms with Crippen molar-refractivity contribution in [3.63, 3.8) is 0 Å². The molecular formula is C14H14O6S2. The zero-order valence-electron chi connectivity index (χ0n) is 11.8. The van der Waals surface area contributed by atoms with Gasteiger partial charge in [0.25, 0.3) is 0 Å². The molecule has 2 aromatic carbocycles. The summed E-state index contributed by atoms with van der Waals surface area (Å²) in [5.41, 5.74) is 0.620. The minimum absolute atomic E-state index is 0.0535. The van der Waals surface area contributed by atoms with Crippen LogP contribution in [-0.2, 0) is 20.0 Å². The monoisotopic (exact) mass is 342 g/mol. The predicted molar refractivity (Wildman–Crippen MR) is 80.2 cm³/mol. The first kappa shape index (κ1) is 16.3. The molecule has 0 aliphatic rings. The normalized spacial score (nSPS) is 12.1. The largest absolute Gasteiger partial charge is 0.508 e. The molecule has 2 rings (SSSR count). The molecule has 8 heteroatoms. The molecule has 1 N–H and O–H groups in total. The summed E-state index contributed by atoms with van der Waals surface area (Å²) in [6, 6.07) is 8.93. The van der Waals surface area contributed by atoms with Crippen LogP contribution in [0.5, 0.6) is 11.5 Å². The summed E-state index contributed by atoms with van der Waals surface area (Å²) in [4.78, 5) is -0.402. The van der Waals surface area contributed by atoms with Gasteiger partial charge in [-0.25, -0.2) is 8.42 Å². The van der Waals surface area contributed by atoms with Gasteiger partial charge in [0.05, 0.1) is 4.90 Å². The second-order valence-electron chi connectivity index (χ2n) is 4.79. The number of phenolic OH excluding ortho intramolecular Hbond substituents is 1. The fourth-order valence-electron chi connectivity index (χ4n) is 1.81. The number of aromatic hydroxyl groups is 1. The molecule has 0 heterocycles. The van der Waals surface area contributed by atoms with Crippen molar-refractivity contribution in [2.45, 2.75) is 16.7 Å². The molecule has 0 aromatic heterocycles. The Kier molecular flexibility index (Phi) is 4.17. The van der Waals surface area contributed by atoms with Crippen LogP contribution in [0.3, 0.4) is 0 Å². The minimum Gasteiger partial charge on any atom is -0.508 e. The lowest BCUT2D eigenvalue weighted by atomic mass is 10.2. The predicted octanol–water partition coefficient (Wildman–Crippen LogP) is 1.87. The van der Waals surface area contributed by atoms with E-state index in [0.717, 1.165) is 18.4 Å². The van der Waals surface area contributed by atoms with Gasteiger partial charge in [0.15, 0.2) is 9.84 Å². The third-order valence-electron chi connectivity index (χ3n) is 2.76. The smallest absolute Gasteiger partial charge is 0.339 e. The maximum absolute atomic E-state index is 12.2. The van der Waals surface area contributed by atoms with E-state index in [1.54, 1.807) is 6.92 Å². The molecule has 22 heavy (non-hydrogen) atoms. The molecule has 0 amide bonds. The highest BCUT2D eigenvalue weighted by molar-refractivity contribution is 7.90. The van der Waals surface area contributed by atoms with Crippen LogP contribution in [0.25, 0.3) is 0 Å². The van der Waals surface area contributed by atoms with Crippen LogP contribution >= 0.6 is 0 Å². The second-order valence-corrected chi connectivity index (χ2v) is 8.35. The van der Waals surface area contributed by atoms with Crippen LogP contribution in [0.15, 0.2) is 52.3 Å². The van der Waals surface area contributed by atoms with Crippen molar-refractivity contribution in [2.24, 2.45) is 0 Å². The highest BCUT2D eigenvalue weighted by Gasteiger charge is 2.19. The molecule has 0 atom stereocenters. The fourth-order valence-corrected chi connectivity index (χ4v) is 3.52. The van der Waals surface area contributed by atoms with E-state index in [1.807, 2.05) is 0 Å². The van der Waals surface area contributed by atoms with Crippen LogP contribution in [-0.4, -0.2) is 28.2 Å². The molecule has 0 aliphatic heterocycles. The van der Waals surface area contributed by atoms with Gasteiger partial charge in [0.2, 0.25) is 0 Å². The van der Waals surface area contributed by atoms with Crippen molar-refractivity contribution in [1.82, 2.24) is 0 Å². The maximum atomic E-state index is 12.2. The Balaban J connectivity index is 2.43. The van der Waals surface area contributed by atoms with Crippen molar-refractivity contribution >= 4 is 20.0 Å². The van der Waals surface area contributed by atoms with Gasteiger partial charge in [0, 0.05) is 12.3 Å². The van der Waals surface area contributed by atoms with E-state index in [9.17, 15) is 21.9 Å². The summed E-state index contributed by atoms with van der Waals surface area (Å²) < 4.78 is 52.3. The number of aryl methyl sites for hydroxylation is 1. The van der Waals surface area contributed by atoms with Crippen LogP contribution in [0.4, 0.5) is 0 Å². The van der Waals surface area contributed by atoms with Crippen LogP contribution in [0, 0.1) is 6.92 Å². The first-order valence-corrected chi connectivity index (χ1v) is 9.43. The van der Waals surface area contributed by atoms with Gasteiger partial charge in [-0.1, -0.05) is 6.07 Å². The van der Waals surface area contributed by atoms with Crippen LogP contribution < -0.4 is 4.18 Å². The van der Waals surface area contributed by atoms with E-state index in [1.165, 1.54) is 30.3 Å². The van der Waals surface area contributed by atoms with Crippen LogP contribution in [0.2, 0.25) is 0 Å². The summed E-state index contributed by atoms with van der Waals surface area (Å²) in [5.74, 6) is -0.183. The van der Waals surface area contributed by atoms with Crippen molar-refractivity contribution in [2.75, 3.05) is 6.26 Å². The molecule has 0 saturated carbocycles. The summed E-state index contributed by atoms with van der Waals surface area (Å²) in [7, 11) is -7.74. The minimum atomic E-state index is -4.21. The Morgan fingerprint density at radius 3 is 2.18 bits per heavy atom. The summed E-state index contributed by atoms with van der Waals surface area (Å²) >= 11 is 0. The van der Waals surface area contributed by atoms with E-state index in [4.69, 9.17) is 4.18 Å². The van der Waals surface area contributed by atoms with E-state index in [-0.39, 0.29) is 21.3 Å². The third-order valence-corrected chi connectivity index (χ3v) is 5.12. The number of hydrogen-bond acceptors (Lipinski definition) is 6. The standard InChI is InChI=1S/C14H14O6S2/c1-10-6-11(15)8-12(7-10)20-22(18,19)14-5-3-4-13(9-14)21(2,16)17/h3-9,15H,1-2H3. The molecule has 0 aliphatic carbocycles. The van der Waals surface area contributed by atoms with Gasteiger partial charge >= 0.3 is 10.1 Å². The van der Waals surface area contributed by atoms with E-state index in [0.29, 0.717) is 5.56 Å². The van der Waals surface area contributed by atoms with Gasteiger partial charge in [-0.3, -0.25) is 0 Å². The van der Waals surface area contributed by atoms with E-state index >= 15 is 0 Å². The van der Waals surface area contributed by atoms with Crippen molar-refractivity contribution in [1.29, 1.82) is 0 Å². The number of hydrogen-bond donors (Lipinski definition) is 1. The average molecular weight is 342 g/mol. The highest BCUT2D eigenvalue weighted by Crippen LogP contribution is 2.25. The quantitative estimate of drug-likeness (QED) is 0.852. The molecule has 118 valence electrons. The van der Waals surface area contributed by atoms with Crippen molar-refractivity contribution in [3.05, 3.63) is 48.0 Å². The molecule has 0 unspecified atom stereocenters. The molecule has 2 aromatic rings. The van der Waals surface area contributed by atoms with Crippen LogP contribution in [0.1, 0.15) is 5.56 Å². The Bertz CT molecular complexity index is 894. The second kappa shape index (κ2) is 5.62. The molecule has 0 radical (unpaired) electrons. The molecule has 0 bridgehead atoms. The highest BCUT2D eigenvalue weighted by atomic mass is 32.2. The topological polar surface area (TPSA) is 97.7 Å². The van der Waals surface area contributed by atoms with E-state index < -0.39 is 20.0 Å². The fraction of sp³-hybridized carbons (Fsp3) is 0.143. The zero-order chi connectivity index (χ0) is 16.5. The molecular weight excluding hydrogens is 328 g/mol. The van der Waals surface area contributed by atoms with Gasteiger partial charge < -0.3 is 9.29 Å². The number of sulfone groups is 1. The zero-order valence-corrected chi connectivity index (χ0v) is 13.5. The SMILES string of the molecule is Cc1cc(O)cc(OS(=O)(=O)c2cccc(S(C)(=O)=O)c2)c1. The van der Waals surface area contributed by atoms with Gasteiger partial charge in [-0.15, -0.1) is 0 Å². The lowest BCUT2D eigenvalue weighted by molar-refractivity contribution is 0.463. The first-order chi connectivity index (χ1) is 10.1. The Morgan fingerprint density at radius 1 is 0.955 bits per heavy atom. The molecule has 6 nitrogen and oxygen atoms in total. The maximum Gasteiger partial charge on any atom is 0.339 e. The summed E-state index contributed by atoms with van der Waals surface area (Å²) in [6.45, 7) is 1.67. The van der Waals surface area contributed by atoms with Crippen molar-refractivity contribution < 1.29 is 26.1 Å². The molecule has 0 spiro atoms. The van der Waals surface area contributed by atoms with Gasteiger partial charge in [0.1, 0.15) is 16.4 Å². The number of rotatable bonds is 4. The Labute approximate surface area is 129 Å². The third kappa shape index (κ3) is 3.77. The summed E-state index contributed by atoms with van der Waals surface area (Å²) in [5, 5.41) is 9.46. The lowest BCUT2D eigenvalue weighted by Crippen LogP contribution is -2.10.